The third-order valence-electron chi connectivity index (χ3n) is 5.48. The first kappa shape index (κ1) is 16.9. The molecule has 2 atom stereocenters. The van der Waals surface area contributed by atoms with Crippen molar-refractivity contribution < 1.29 is 9.59 Å². The van der Waals surface area contributed by atoms with Gasteiger partial charge in [0.15, 0.2) is 18.2 Å². The van der Waals surface area contributed by atoms with Crippen LogP contribution in [0.15, 0.2) is 29.3 Å². The van der Waals surface area contributed by atoms with Gasteiger partial charge >= 0.3 is 6.03 Å². The smallest absolute Gasteiger partial charge is 0.325 e. The zero-order valence-corrected chi connectivity index (χ0v) is 15.2. The maximum atomic E-state index is 12.6. The second-order valence-electron chi connectivity index (χ2n) is 7.46. The summed E-state index contributed by atoms with van der Waals surface area (Å²) >= 11 is 0. The van der Waals surface area contributed by atoms with Gasteiger partial charge in [0.05, 0.1) is 0 Å². The number of fused-ring (bicyclic) bond motifs is 1. The molecule has 0 spiro atoms. The zero-order valence-electron chi connectivity index (χ0n) is 15.2. The van der Waals surface area contributed by atoms with Gasteiger partial charge in [-0.1, -0.05) is 42.7 Å². The molecule has 4 rings (SSSR count). The lowest BCUT2D eigenvalue weighted by Gasteiger charge is -2.36. The van der Waals surface area contributed by atoms with Gasteiger partial charge in [-0.15, -0.1) is 0 Å². The summed E-state index contributed by atoms with van der Waals surface area (Å²) in [5.41, 5.74) is 2.31. The Labute approximate surface area is 153 Å². The van der Waals surface area contributed by atoms with E-state index in [1.807, 2.05) is 11.0 Å². The molecule has 2 aliphatic heterocycles. The molecule has 26 heavy (non-hydrogen) atoms. The van der Waals surface area contributed by atoms with E-state index in [0.29, 0.717) is 12.6 Å². The lowest BCUT2D eigenvalue weighted by atomic mass is 10.1. The van der Waals surface area contributed by atoms with Gasteiger partial charge in [0.25, 0.3) is 5.91 Å². The largest absolute Gasteiger partial charge is 0.353 e. The van der Waals surface area contributed by atoms with Gasteiger partial charge in [-0.05, 0) is 25.3 Å². The number of hydrogen-bond acceptors (Lipinski definition) is 5. The Kier molecular flexibility index (Phi) is 4.30. The average molecular weight is 355 g/mol. The number of hydrogen-bond donors (Lipinski definition) is 2. The van der Waals surface area contributed by atoms with Gasteiger partial charge in [-0.2, -0.15) is 0 Å². The minimum Gasteiger partial charge on any atom is -0.353 e. The Bertz CT molecular complexity index is 756. The van der Waals surface area contributed by atoms with Crippen LogP contribution in [0.3, 0.4) is 0 Å². The fourth-order valence-electron chi connectivity index (χ4n) is 4.08. The van der Waals surface area contributed by atoms with E-state index in [-0.39, 0.29) is 5.91 Å². The second-order valence-corrected chi connectivity index (χ2v) is 7.46. The highest BCUT2D eigenvalue weighted by Gasteiger charge is 2.48. The van der Waals surface area contributed by atoms with Crippen LogP contribution in [-0.2, 0) is 11.3 Å². The van der Waals surface area contributed by atoms with Crippen molar-refractivity contribution in [2.75, 3.05) is 7.05 Å². The number of carbonyl (C=O) groups excluding carboxylic acids is 2. The molecule has 1 saturated carbocycles. The highest BCUT2D eigenvalue weighted by Crippen LogP contribution is 2.27. The molecule has 2 heterocycles. The van der Waals surface area contributed by atoms with Crippen LogP contribution >= 0.6 is 0 Å². The fourth-order valence-corrected chi connectivity index (χ4v) is 4.08. The van der Waals surface area contributed by atoms with Crippen LogP contribution in [0, 0.1) is 6.92 Å². The molecule has 0 bridgehead atoms. The molecule has 7 nitrogen and oxygen atoms in total. The first-order chi connectivity index (χ1) is 12.5. The number of nitrogens with zero attached hydrogens (tertiary/aromatic N) is 3. The van der Waals surface area contributed by atoms with Crippen molar-refractivity contribution in [2.45, 2.75) is 57.4 Å². The normalized spacial score (nSPS) is 26.0. The minimum absolute atomic E-state index is 0.280. The molecule has 2 unspecified atom stereocenters. The Balaban J connectivity index is 1.63. The minimum atomic E-state index is -0.498. The predicted molar refractivity (Wildman–Crippen MR) is 98.4 cm³/mol. The Morgan fingerprint density at radius 1 is 1.27 bits per heavy atom. The predicted octanol–water partition coefficient (Wildman–Crippen LogP) is 1.58. The topological polar surface area (TPSA) is 77.0 Å². The SMILES string of the molecule is Cc1cccc(CN2C(NC3CCCC3)=NC3C2C(=O)NC(=O)N3C)c1. The van der Waals surface area contributed by atoms with Crippen LogP contribution in [0.2, 0.25) is 0 Å². The lowest BCUT2D eigenvalue weighted by molar-refractivity contribution is -0.127. The van der Waals surface area contributed by atoms with Crippen molar-refractivity contribution in [3.63, 3.8) is 0 Å². The number of aliphatic imine (C=N–C) groups is 1. The highest BCUT2D eigenvalue weighted by molar-refractivity contribution is 6.03. The van der Waals surface area contributed by atoms with Crippen molar-refractivity contribution in [1.29, 1.82) is 0 Å². The van der Waals surface area contributed by atoms with Crippen molar-refractivity contribution in [2.24, 2.45) is 4.99 Å². The van der Waals surface area contributed by atoms with Gasteiger partial charge in [0.1, 0.15) is 0 Å². The molecule has 1 saturated heterocycles. The molecule has 0 radical (unpaired) electrons. The van der Waals surface area contributed by atoms with E-state index in [9.17, 15) is 9.59 Å². The maximum Gasteiger partial charge on any atom is 0.325 e. The number of nitrogens with one attached hydrogen (secondary N) is 2. The van der Waals surface area contributed by atoms with E-state index >= 15 is 0 Å². The highest BCUT2D eigenvalue weighted by atomic mass is 16.2. The molecule has 1 aromatic carbocycles. The number of imide groups is 1. The van der Waals surface area contributed by atoms with E-state index in [2.05, 4.69) is 35.8 Å². The van der Waals surface area contributed by atoms with Crippen molar-refractivity contribution in [3.8, 4) is 0 Å². The van der Waals surface area contributed by atoms with Crippen LogP contribution < -0.4 is 10.6 Å². The molecule has 1 aromatic rings. The number of benzene rings is 1. The van der Waals surface area contributed by atoms with Gasteiger partial charge in [0.2, 0.25) is 0 Å². The van der Waals surface area contributed by atoms with E-state index < -0.39 is 18.2 Å². The Morgan fingerprint density at radius 2 is 2.04 bits per heavy atom. The fraction of sp³-hybridized carbons (Fsp3) is 0.526. The summed E-state index contributed by atoms with van der Waals surface area (Å²) in [6.45, 7) is 2.64. The van der Waals surface area contributed by atoms with Gasteiger partial charge < -0.3 is 15.1 Å². The zero-order chi connectivity index (χ0) is 18.3. The van der Waals surface area contributed by atoms with Crippen LogP contribution in [0.5, 0.6) is 0 Å². The molecule has 3 aliphatic rings. The molecule has 1 aliphatic carbocycles. The van der Waals surface area contributed by atoms with Gasteiger partial charge in [0, 0.05) is 19.6 Å². The molecule has 138 valence electrons. The summed E-state index contributed by atoms with van der Waals surface area (Å²) in [4.78, 5) is 32.8. The van der Waals surface area contributed by atoms with E-state index in [0.717, 1.165) is 24.4 Å². The number of guanidine groups is 1. The number of aryl methyl sites for hydroxylation is 1. The monoisotopic (exact) mass is 355 g/mol. The van der Waals surface area contributed by atoms with Crippen LogP contribution in [0.4, 0.5) is 4.79 Å². The van der Waals surface area contributed by atoms with Crippen LogP contribution in [-0.4, -0.2) is 53.0 Å². The molecule has 3 amide bonds. The quantitative estimate of drug-likeness (QED) is 0.863. The second kappa shape index (κ2) is 6.63. The summed E-state index contributed by atoms with van der Waals surface area (Å²) in [6, 6.07) is 7.76. The number of likely N-dealkylation sites (N-methyl/N-ethyl adjacent to an activating group) is 1. The summed E-state index contributed by atoms with van der Waals surface area (Å²) in [5, 5.41) is 5.98. The Hall–Kier alpha value is -2.57. The standard InChI is InChI=1S/C19H25N5O2/c1-12-6-5-7-13(10-12)11-24-15-16(23(2)19(26)22-17(15)25)21-18(24)20-14-8-3-4-9-14/h5-7,10,14-16H,3-4,8-9,11H2,1-2H3,(H,20,21)(H,22,25,26). The van der Waals surface area contributed by atoms with Crippen LogP contribution in [0.25, 0.3) is 0 Å². The first-order valence-electron chi connectivity index (χ1n) is 9.27. The molecule has 2 fully saturated rings. The number of urea groups is 1. The van der Waals surface area contributed by atoms with E-state index in [1.54, 1.807) is 7.05 Å². The Morgan fingerprint density at radius 3 is 2.77 bits per heavy atom. The molecular formula is C19H25N5O2. The van der Waals surface area contributed by atoms with E-state index in [1.165, 1.54) is 23.3 Å². The van der Waals surface area contributed by atoms with Crippen LogP contribution in [0.1, 0.15) is 36.8 Å². The van der Waals surface area contributed by atoms with Crippen molar-refractivity contribution in [1.82, 2.24) is 20.4 Å². The summed E-state index contributed by atoms with van der Waals surface area (Å²) in [7, 11) is 1.69. The van der Waals surface area contributed by atoms with Crippen molar-refractivity contribution in [3.05, 3.63) is 35.4 Å². The summed E-state index contributed by atoms with van der Waals surface area (Å²) in [6.07, 6.45) is 4.19. The van der Waals surface area contributed by atoms with Gasteiger partial charge in [-0.25, -0.2) is 9.79 Å². The number of rotatable bonds is 3. The average Bonchev–Trinajstić information content (AvgIpc) is 3.22. The summed E-state index contributed by atoms with van der Waals surface area (Å²) in [5.74, 6) is 0.447. The summed E-state index contributed by atoms with van der Waals surface area (Å²) < 4.78 is 0. The number of amides is 3. The van der Waals surface area contributed by atoms with E-state index in [4.69, 9.17) is 4.99 Å². The molecule has 0 aromatic heterocycles. The maximum absolute atomic E-state index is 12.6. The third-order valence-corrected chi connectivity index (χ3v) is 5.48. The third kappa shape index (κ3) is 3.02. The molecule has 7 heteroatoms. The molecular weight excluding hydrogens is 330 g/mol. The lowest BCUT2D eigenvalue weighted by Crippen LogP contribution is -2.64. The molecule has 2 N–H and O–H groups in total. The number of carbonyl (C=O) groups is 2. The first-order valence-corrected chi connectivity index (χ1v) is 9.27. The van der Waals surface area contributed by atoms with Crippen molar-refractivity contribution >= 4 is 17.9 Å². The van der Waals surface area contributed by atoms with Gasteiger partial charge in [-0.3, -0.25) is 10.1 Å².